The number of aliphatic hydroxyl groups is 1. The summed E-state index contributed by atoms with van der Waals surface area (Å²) in [7, 11) is 1.50. The van der Waals surface area contributed by atoms with Crippen LogP contribution < -0.4 is 5.32 Å². The van der Waals surface area contributed by atoms with Crippen LogP contribution in [0.1, 0.15) is 13.8 Å². The molecule has 0 spiro atoms. The van der Waals surface area contributed by atoms with E-state index in [1.54, 1.807) is 6.92 Å². The van der Waals surface area contributed by atoms with E-state index in [1.165, 1.54) is 14.0 Å². The second-order valence-corrected chi connectivity index (χ2v) is 2.84. The third-order valence-electron chi connectivity index (χ3n) is 1.17. The van der Waals surface area contributed by atoms with Crippen LogP contribution in [0.5, 0.6) is 0 Å². The Balaban J connectivity index is 3.63. The molecule has 0 aliphatic rings. The minimum atomic E-state index is -0.972. The molecule has 11 heavy (non-hydrogen) atoms. The zero-order valence-electron chi connectivity index (χ0n) is 7.18. The Hall–Kier alpha value is -0.610. The lowest BCUT2D eigenvalue weighted by molar-refractivity contribution is -0.120. The lowest BCUT2D eigenvalue weighted by Gasteiger charge is -2.21. The quantitative estimate of drug-likeness (QED) is 0.585. The molecule has 1 amide bonds. The number of hydrogen-bond donors (Lipinski definition) is 2. The minimum absolute atomic E-state index is 0.152. The fourth-order valence-corrected chi connectivity index (χ4v) is 0.677. The first-order chi connectivity index (χ1) is 4.98. The largest absolute Gasteiger partial charge is 0.386 e. The Bertz CT molecular complexity index is 134. The molecule has 0 saturated carbocycles. The van der Waals surface area contributed by atoms with Gasteiger partial charge in [-0.25, -0.2) is 0 Å². The zero-order chi connectivity index (χ0) is 8.91. The van der Waals surface area contributed by atoms with E-state index in [4.69, 9.17) is 4.74 Å². The molecule has 4 nitrogen and oxygen atoms in total. The van der Waals surface area contributed by atoms with Crippen molar-refractivity contribution in [3.05, 3.63) is 0 Å². The Kier molecular flexibility index (Phi) is 4.07. The number of carbonyl (C=O) groups is 1. The van der Waals surface area contributed by atoms with Gasteiger partial charge in [0, 0.05) is 20.6 Å². The summed E-state index contributed by atoms with van der Waals surface area (Å²) in [5, 5.41) is 11.9. The molecule has 0 aromatic rings. The average Bonchev–Trinajstić information content (AvgIpc) is 1.84. The van der Waals surface area contributed by atoms with Crippen molar-refractivity contribution in [3.63, 3.8) is 0 Å². The Labute approximate surface area is 66.5 Å². The third kappa shape index (κ3) is 5.82. The van der Waals surface area contributed by atoms with Gasteiger partial charge in [0.1, 0.15) is 5.60 Å². The van der Waals surface area contributed by atoms with E-state index < -0.39 is 5.60 Å². The number of rotatable bonds is 4. The molecule has 0 fully saturated rings. The molecule has 2 N–H and O–H groups in total. The van der Waals surface area contributed by atoms with Crippen molar-refractivity contribution in [1.29, 1.82) is 0 Å². The van der Waals surface area contributed by atoms with Gasteiger partial charge in [0.2, 0.25) is 5.91 Å². The highest BCUT2D eigenvalue weighted by molar-refractivity contribution is 5.72. The van der Waals surface area contributed by atoms with Gasteiger partial charge in [-0.15, -0.1) is 0 Å². The Morgan fingerprint density at radius 1 is 1.73 bits per heavy atom. The van der Waals surface area contributed by atoms with E-state index in [-0.39, 0.29) is 19.1 Å². The fraction of sp³-hybridized carbons (Fsp3) is 0.857. The van der Waals surface area contributed by atoms with Gasteiger partial charge in [0.15, 0.2) is 0 Å². The Morgan fingerprint density at radius 2 is 2.27 bits per heavy atom. The van der Waals surface area contributed by atoms with Gasteiger partial charge in [-0.2, -0.15) is 0 Å². The molecule has 0 radical (unpaired) electrons. The zero-order valence-corrected chi connectivity index (χ0v) is 7.18. The van der Waals surface area contributed by atoms with Crippen LogP contribution in [0, 0.1) is 0 Å². The van der Waals surface area contributed by atoms with Crippen molar-refractivity contribution in [2.75, 3.05) is 20.3 Å². The molecule has 0 rings (SSSR count). The van der Waals surface area contributed by atoms with Crippen LogP contribution in [0.3, 0.4) is 0 Å². The highest BCUT2D eigenvalue weighted by Gasteiger charge is 2.19. The summed E-state index contributed by atoms with van der Waals surface area (Å²) in [6.07, 6.45) is 0. The van der Waals surface area contributed by atoms with Crippen LogP contribution in [-0.4, -0.2) is 36.9 Å². The maximum Gasteiger partial charge on any atom is 0.216 e. The van der Waals surface area contributed by atoms with E-state index in [0.717, 1.165) is 0 Å². The van der Waals surface area contributed by atoms with Crippen LogP contribution in [0.25, 0.3) is 0 Å². The molecular formula is C7H15NO3. The van der Waals surface area contributed by atoms with Gasteiger partial charge >= 0.3 is 0 Å². The van der Waals surface area contributed by atoms with Crippen molar-refractivity contribution >= 4 is 5.91 Å². The summed E-state index contributed by atoms with van der Waals surface area (Å²) in [6, 6.07) is 0. The standard InChI is InChI=1S/C7H15NO3/c1-6(9)8-4-7(2,10)5-11-3/h10H,4-5H2,1-3H3,(H,8,9)/t7-/m1/s1. The molecule has 0 aliphatic heterocycles. The van der Waals surface area contributed by atoms with Crippen LogP contribution >= 0.6 is 0 Å². The smallest absolute Gasteiger partial charge is 0.216 e. The van der Waals surface area contributed by atoms with Gasteiger partial charge in [-0.3, -0.25) is 4.79 Å². The van der Waals surface area contributed by atoms with Gasteiger partial charge < -0.3 is 15.2 Å². The average molecular weight is 161 g/mol. The van der Waals surface area contributed by atoms with Crippen molar-refractivity contribution in [1.82, 2.24) is 5.32 Å². The lowest BCUT2D eigenvalue weighted by Crippen LogP contribution is -2.43. The molecule has 0 aliphatic carbocycles. The molecule has 0 aromatic heterocycles. The molecule has 0 saturated heterocycles. The van der Waals surface area contributed by atoms with Crippen molar-refractivity contribution < 1.29 is 14.6 Å². The molecule has 0 heterocycles. The number of nitrogens with one attached hydrogen (secondary N) is 1. The number of hydrogen-bond acceptors (Lipinski definition) is 3. The second-order valence-electron chi connectivity index (χ2n) is 2.84. The highest BCUT2D eigenvalue weighted by atomic mass is 16.5. The van der Waals surface area contributed by atoms with E-state index >= 15 is 0 Å². The van der Waals surface area contributed by atoms with E-state index in [1.807, 2.05) is 0 Å². The second kappa shape index (κ2) is 4.31. The Morgan fingerprint density at radius 3 is 2.64 bits per heavy atom. The summed E-state index contributed by atoms with van der Waals surface area (Å²) < 4.78 is 4.74. The summed E-state index contributed by atoms with van der Waals surface area (Å²) >= 11 is 0. The van der Waals surface area contributed by atoms with E-state index in [9.17, 15) is 9.90 Å². The SMILES string of the molecule is COC[C@](C)(O)CNC(C)=O. The number of methoxy groups -OCH3 is 1. The monoisotopic (exact) mass is 161 g/mol. The summed E-state index contributed by atoms with van der Waals surface area (Å²) in [4.78, 5) is 10.4. The highest BCUT2D eigenvalue weighted by Crippen LogP contribution is 2.00. The molecule has 1 atom stereocenters. The first-order valence-electron chi connectivity index (χ1n) is 3.44. The van der Waals surface area contributed by atoms with Crippen molar-refractivity contribution in [2.45, 2.75) is 19.4 Å². The fourth-order valence-electron chi connectivity index (χ4n) is 0.677. The first kappa shape index (κ1) is 10.4. The van der Waals surface area contributed by atoms with Crippen LogP contribution in [-0.2, 0) is 9.53 Å². The summed E-state index contributed by atoms with van der Waals surface area (Å²) in [5.41, 5.74) is -0.972. The molecule has 0 unspecified atom stereocenters. The lowest BCUT2D eigenvalue weighted by atomic mass is 10.1. The first-order valence-corrected chi connectivity index (χ1v) is 3.44. The maximum atomic E-state index is 10.4. The third-order valence-corrected chi connectivity index (χ3v) is 1.17. The van der Waals surface area contributed by atoms with Gasteiger partial charge in [-0.05, 0) is 6.92 Å². The van der Waals surface area contributed by atoms with Gasteiger partial charge in [-0.1, -0.05) is 0 Å². The molecule has 66 valence electrons. The number of amides is 1. The number of carbonyl (C=O) groups excluding carboxylic acids is 1. The predicted octanol–water partition coefficient (Wildman–Crippen LogP) is -0.480. The molecule has 0 bridgehead atoms. The maximum absolute atomic E-state index is 10.4. The summed E-state index contributed by atoms with van der Waals surface area (Å²) in [6.45, 7) is 3.44. The van der Waals surface area contributed by atoms with E-state index in [0.29, 0.717) is 0 Å². The summed E-state index contributed by atoms with van der Waals surface area (Å²) in [5.74, 6) is -0.152. The van der Waals surface area contributed by atoms with Crippen LogP contribution in [0.4, 0.5) is 0 Å². The van der Waals surface area contributed by atoms with Gasteiger partial charge in [0.05, 0.1) is 6.61 Å². The van der Waals surface area contributed by atoms with Crippen LogP contribution in [0.15, 0.2) is 0 Å². The predicted molar refractivity (Wildman–Crippen MR) is 41.2 cm³/mol. The topological polar surface area (TPSA) is 58.6 Å². The normalized spacial score (nSPS) is 15.6. The molecular weight excluding hydrogens is 146 g/mol. The van der Waals surface area contributed by atoms with Gasteiger partial charge in [0.25, 0.3) is 0 Å². The van der Waals surface area contributed by atoms with Crippen LogP contribution in [0.2, 0.25) is 0 Å². The minimum Gasteiger partial charge on any atom is -0.386 e. The van der Waals surface area contributed by atoms with E-state index in [2.05, 4.69) is 5.32 Å². The van der Waals surface area contributed by atoms with Crippen molar-refractivity contribution in [2.24, 2.45) is 0 Å². The molecule has 0 aromatic carbocycles. The molecule has 4 heteroatoms. The number of ether oxygens (including phenoxy) is 1. The van der Waals surface area contributed by atoms with Crippen molar-refractivity contribution in [3.8, 4) is 0 Å².